The molecule has 242 valence electrons. The number of rotatable bonds is 14. The lowest BCUT2D eigenvalue weighted by Gasteiger charge is -2.37. The van der Waals surface area contributed by atoms with E-state index < -0.39 is 39.3 Å². The van der Waals surface area contributed by atoms with Crippen LogP contribution in [0, 0.1) is 5.41 Å². The minimum Gasteiger partial charge on any atom is -0.483 e. The van der Waals surface area contributed by atoms with Crippen LogP contribution < -0.4 is 15.0 Å². The van der Waals surface area contributed by atoms with Crippen LogP contribution in [0.4, 0.5) is 11.4 Å². The van der Waals surface area contributed by atoms with Gasteiger partial charge in [-0.1, -0.05) is 88.1 Å². The largest absolute Gasteiger partial charge is 0.483 e. The van der Waals surface area contributed by atoms with Crippen molar-refractivity contribution in [2.75, 3.05) is 30.1 Å². The molecule has 45 heavy (non-hydrogen) atoms. The third kappa shape index (κ3) is 7.84. The highest BCUT2D eigenvalue weighted by molar-refractivity contribution is 7.98. The van der Waals surface area contributed by atoms with E-state index in [1.54, 1.807) is 36.4 Å². The molecule has 0 radical (unpaired) electrons. The van der Waals surface area contributed by atoms with Gasteiger partial charge in [-0.2, -0.15) is 0 Å². The van der Waals surface area contributed by atoms with Crippen LogP contribution in [0.25, 0.3) is 0 Å². The van der Waals surface area contributed by atoms with Crippen molar-refractivity contribution in [1.82, 2.24) is 5.32 Å². The highest BCUT2D eigenvalue weighted by Crippen LogP contribution is 2.47. The molecule has 1 atom stereocenters. The SMILES string of the molecule is CCCCC1(CCCC)CN(c2ccccc2)c2cc(SC)c(OCC(=O)NC(C)(C(=O)O)c3ccccc3)cc2S(=O)(=O)C1. The van der Waals surface area contributed by atoms with Gasteiger partial charge in [0.1, 0.15) is 5.75 Å². The first-order valence-corrected chi connectivity index (χ1v) is 18.4. The first kappa shape index (κ1) is 34.4. The third-order valence-electron chi connectivity index (χ3n) is 8.58. The van der Waals surface area contributed by atoms with E-state index in [-0.39, 0.29) is 16.4 Å². The number of nitrogens with zero attached hydrogens (tertiary/aromatic N) is 1. The Labute approximate surface area is 271 Å². The molecule has 0 bridgehead atoms. The van der Waals surface area contributed by atoms with E-state index in [1.165, 1.54) is 18.7 Å². The molecule has 0 saturated carbocycles. The summed E-state index contributed by atoms with van der Waals surface area (Å²) in [5, 5.41) is 12.5. The van der Waals surface area contributed by atoms with Crippen molar-refractivity contribution in [2.24, 2.45) is 5.41 Å². The van der Waals surface area contributed by atoms with Crippen LogP contribution in [0.2, 0.25) is 0 Å². The summed E-state index contributed by atoms with van der Waals surface area (Å²) in [5.41, 5.74) is -0.166. The number of hydrogen-bond acceptors (Lipinski definition) is 7. The summed E-state index contributed by atoms with van der Waals surface area (Å²) < 4.78 is 34.5. The predicted octanol–water partition coefficient (Wildman–Crippen LogP) is 7.20. The summed E-state index contributed by atoms with van der Waals surface area (Å²) in [7, 11) is -3.76. The number of hydrogen-bond donors (Lipinski definition) is 2. The number of carboxylic acids is 1. The van der Waals surface area contributed by atoms with Crippen LogP contribution in [-0.4, -0.2) is 50.6 Å². The summed E-state index contributed by atoms with van der Waals surface area (Å²) in [4.78, 5) is 28.3. The maximum absolute atomic E-state index is 14.3. The molecular weight excluding hydrogens is 609 g/mol. The van der Waals surface area contributed by atoms with Crippen molar-refractivity contribution in [3.05, 3.63) is 78.4 Å². The molecule has 1 unspecified atom stereocenters. The van der Waals surface area contributed by atoms with Crippen LogP contribution >= 0.6 is 11.8 Å². The Balaban J connectivity index is 1.73. The normalized spacial score (nSPS) is 16.6. The molecule has 3 aromatic carbocycles. The average molecular weight is 653 g/mol. The van der Waals surface area contributed by atoms with Crippen molar-refractivity contribution in [2.45, 2.75) is 74.6 Å². The minimum atomic E-state index is -3.76. The smallest absolute Gasteiger partial charge is 0.333 e. The second-order valence-corrected chi connectivity index (χ2v) is 14.8. The number of ether oxygens (including phenoxy) is 1. The molecule has 0 spiro atoms. The van der Waals surface area contributed by atoms with Gasteiger partial charge < -0.3 is 20.1 Å². The van der Waals surface area contributed by atoms with E-state index in [0.29, 0.717) is 22.7 Å². The number of thioether (sulfide) groups is 1. The van der Waals surface area contributed by atoms with E-state index in [9.17, 15) is 23.1 Å². The van der Waals surface area contributed by atoms with Gasteiger partial charge in [0.25, 0.3) is 5.91 Å². The van der Waals surface area contributed by atoms with Crippen molar-refractivity contribution in [3.63, 3.8) is 0 Å². The number of anilines is 2. The maximum atomic E-state index is 14.3. The van der Waals surface area contributed by atoms with Gasteiger partial charge in [0.2, 0.25) is 0 Å². The Hall–Kier alpha value is -3.50. The number of sulfone groups is 1. The molecular formula is C35H44N2O6S2. The van der Waals surface area contributed by atoms with Crippen molar-refractivity contribution < 1.29 is 27.9 Å². The first-order chi connectivity index (χ1) is 21.5. The number of carbonyl (C=O) groups excluding carboxylic acids is 1. The van der Waals surface area contributed by atoms with Gasteiger partial charge in [0.15, 0.2) is 22.0 Å². The molecule has 0 fully saturated rings. The van der Waals surface area contributed by atoms with Crippen LogP contribution in [0.1, 0.15) is 64.9 Å². The summed E-state index contributed by atoms with van der Waals surface area (Å²) in [6.07, 6.45) is 7.33. The Bertz CT molecular complexity index is 1570. The van der Waals surface area contributed by atoms with Crippen molar-refractivity contribution >= 4 is 44.9 Å². The van der Waals surface area contributed by atoms with Gasteiger partial charge >= 0.3 is 5.97 Å². The van der Waals surface area contributed by atoms with Gasteiger partial charge in [-0.3, -0.25) is 4.79 Å². The lowest BCUT2D eigenvalue weighted by Crippen LogP contribution is -2.50. The zero-order chi connectivity index (χ0) is 32.7. The quantitative estimate of drug-likeness (QED) is 0.176. The molecule has 1 aliphatic heterocycles. The number of carbonyl (C=O) groups is 2. The Morgan fingerprint density at radius 1 is 1.00 bits per heavy atom. The van der Waals surface area contributed by atoms with Gasteiger partial charge in [-0.25, -0.2) is 13.2 Å². The Morgan fingerprint density at radius 2 is 1.60 bits per heavy atom. The molecule has 3 aromatic rings. The minimum absolute atomic E-state index is 0.0307. The Kier molecular flexibility index (Phi) is 11.3. The second kappa shape index (κ2) is 14.7. The number of aliphatic carboxylic acids is 1. The fourth-order valence-electron chi connectivity index (χ4n) is 6.06. The van der Waals surface area contributed by atoms with Gasteiger partial charge in [0.05, 0.1) is 21.2 Å². The molecule has 8 nitrogen and oxygen atoms in total. The Morgan fingerprint density at radius 3 is 2.16 bits per heavy atom. The molecule has 0 aliphatic carbocycles. The average Bonchev–Trinajstić information content (AvgIpc) is 3.13. The number of para-hydroxylation sites is 1. The van der Waals surface area contributed by atoms with Gasteiger partial charge in [-0.15, -0.1) is 11.8 Å². The predicted molar refractivity (Wildman–Crippen MR) is 180 cm³/mol. The highest BCUT2D eigenvalue weighted by atomic mass is 32.2. The molecule has 10 heteroatoms. The number of nitrogens with one attached hydrogen (secondary N) is 1. The van der Waals surface area contributed by atoms with E-state index in [4.69, 9.17) is 4.74 Å². The van der Waals surface area contributed by atoms with Gasteiger partial charge in [0, 0.05) is 23.7 Å². The zero-order valence-electron chi connectivity index (χ0n) is 26.5. The maximum Gasteiger partial charge on any atom is 0.333 e. The first-order valence-electron chi connectivity index (χ1n) is 15.5. The number of unbranched alkanes of at least 4 members (excludes halogenated alkanes) is 2. The fraction of sp³-hybridized carbons (Fsp3) is 0.429. The topological polar surface area (TPSA) is 113 Å². The number of carboxylic acid groups (broad SMARTS) is 1. The lowest BCUT2D eigenvalue weighted by molar-refractivity contribution is -0.147. The molecule has 1 amide bonds. The second-order valence-electron chi connectivity index (χ2n) is 12.0. The number of amides is 1. The third-order valence-corrected chi connectivity index (χ3v) is 11.3. The van der Waals surface area contributed by atoms with E-state index in [0.717, 1.165) is 44.2 Å². The molecule has 0 saturated heterocycles. The van der Waals surface area contributed by atoms with Crippen LogP contribution in [0.15, 0.2) is 82.6 Å². The summed E-state index contributed by atoms with van der Waals surface area (Å²) in [6, 6.07) is 21.7. The lowest BCUT2D eigenvalue weighted by atomic mass is 9.79. The standard InChI is InChI=1S/C35H44N2O6S2/c1-5-7-19-35(20-8-6-2)24-37(27-17-13-10-14-18-27)28-21-30(44-4)29(22-31(28)45(41,42)25-35)43-23-32(38)36-34(3,33(39)40)26-15-11-9-12-16-26/h9-18,21-22H,5-8,19-20,23-25H2,1-4H3,(H,36,38)(H,39,40). The fourth-order valence-corrected chi connectivity index (χ4v) is 8.72. The van der Waals surface area contributed by atoms with E-state index in [1.807, 2.05) is 42.7 Å². The molecule has 4 rings (SSSR count). The monoisotopic (exact) mass is 652 g/mol. The van der Waals surface area contributed by atoms with Crippen molar-refractivity contribution in [1.29, 1.82) is 0 Å². The zero-order valence-corrected chi connectivity index (χ0v) is 28.2. The van der Waals surface area contributed by atoms with Gasteiger partial charge in [-0.05, 0) is 49.8 Å². The van der Waals surface area contributed by atoms with Crippen LogP contribution in [0.5, 0.6) is 5.75 Å². The highest BCUT2D eigenvalue weighted by Gasteiger charge is 2.43. The molecule has 0 aromatic heterocycles. The summed E-state index contributed by atoms with van der Waals surface area (Å²) in [6.45, 7) is 5.78. The number of fused-ring (bicyclic) bond motifs is 1. The van der Waals surface area contributed by atoms with E-state index in [2.05, 4.69) is 24.1 Å². The molecule has 1 heterocycles. The van der Waals surface area contributed by atoms with Crippen LogP contribution in [-0.2, 0) is 25.0 Å². The van der Waals surface area contributed by atoms with Crippen molar-refractivity contribution in [3.8, 4) is 5.75 Å². The molecule has 2 N–H and O–H groups in total. The summed E-state index contributed by atoms with van der Waals surface area (Å²) in [5.74, 6) is -1.56. The van der Waals surface area contributed by atoms with Crippen LogP contribution in [0.3, 0.4) is 0 Å². The van der Waals surface area contributed by atoms with E-state index >= 15 is 0 Å². The summed E-state index contributed by atoms with van der Waals surface area (Å²) >= 11 is 1.39. The number of benzene rings is 3. The molecule has 1 aliphatic rings.